The van der Waals surface area contributed by atoms with Crippen molar-refractivity contribution in [3.8, 4) is 0 Å². The van der Waals surface area contributed by atoms with Crippen molar-refractivity contribution >= 4 is 5.78 Å². The summed E-state index contributed by atoms with van der Waals surface area (Å²) in [6.45, 7) is 2.72. The van der Waals surface area contributed by atoms with Crippen LogP contribution >= 0.6 is 0 Å². The Kier molecular flexibility index (Phi) is 14.1. The first-order valence-corrected chi connectivity index (χ1v) is 11.6. The number of hydrogen-bond acceptors (Lipinski definition) is 4. The molecule has 0 aromatic carbocycles. The second kappa shape index (κ2) is 15.5. The fourth-order valence-corrected chi connectivity index (χ4v) is 4.70. The van der Waals surface area contributed by atoms with Gasteiger partial charge in [0.15, 0.2) is 0 Å². The number of carbonyl (C=O) groups is 1. The van der Waals surface area contributed by atoms with E-state index in [1.54, 1.807) is 6.92 Å². The molecule has 0 radical (unpaired) electrons. The van der Waals surface area contributed by atoms with Crippen LogP contribution in [0.15, 0.2) is 0 Å². The predicted octanol–water partition coefficient (Wildman–Crippen LogP) is 4.29. The van der Waals surface area contributed by atoms with Crippen molar-refractivity contribution in [2.45, 2.75) is 102 Å². The molecule has 0 bridgehead atoms. The third kappa shape index (κ3) is 11.9. The molecule has 0 aliphatic heterocycles. The van der Waals surface area contributed by atoms with Crippen LogP contribution in [-0.4, -0.2) is 45.6 Å². The standard InChI is InChI=1S/C15H30N2.C8H17NO/c1-16-14-7-3-12(4-8-14)11-13-5-9-15(17-2)10-6-13;1-8(10)6-4-3-5-7-9-2/h12-17H,3-11H2,1-2H3;9H,3-7H2,1-2H3. The van der Waals surface area contributed by atoms with Gasteiger partial charge in [-0.2, -0.15) is 0 Å². The zero-order chi connectivity index (χ0) is 19.9. The molecule has 0 unspecified atom stereocenters. The van der Waals surface area contributed by atoms with Crippen LogP contribution in [0.2, 0.25) is 0 Å². The minimum atomic E-state index is 0.310. The highest BCUT2D eigenvalue weighted by atomic mass is 16.1. The van der Waals surface area contributed by atoms with Crippen LogP contribution in [0.4, 0.5) is 0 Å². The number of Topliss-reactive ketones (excluding diaryl/α,β-unsaturated/α-hetero) is 1. The van der Waals surface area contributed by atoms with Crippen LogP contribution in [0.5, 0.6) is 0 Å². The topological polar surface area (TPSA) is 53.2 Å². The second-order valence-corrected chi connectivity index (χ2v) is 8.86. The molecule has 0 heterocycles. The number of ketones is 1. The van der Waals surface area contributed by atoms with Gasteiger partial charge in [-0.3, -0.25) is 0 Å². The average Bonchev–Trinajstić information content (AvgIpc) is 2.69. The molecule has 2 rings (SSSR count). The van der Waals surface area contributed by atoms with E-state index in [9.17, 15) is 4.79 Å². The van der Waals surface area contributed by atoms with E-state index < -0.39 is 0 Å². The number of unbranched alkanes of at least 4 members (excludes halogenated alkanes) is 2. The van der Waals surface area contributed by atoms with Gasteiger partial charge in [0.05, 0.1) is 0 Å². The summed E-state index contributed by atoms with van der Waals surface area (Å²) in [4.78, 5) is 10.5. The molecule has 0 aromatic rings. The van der Waals surface area contributed by atoms with Crippen molar-refractivity contribution < 1.29 is 4.79 Å². The molecule has 0 amide bonds. The Morgan fingerprint density at radius 1 is 0.741 bits per heavy atom. The average molecular weight is 382 g/mol. The Morgan fingerprint density at radius 3 is 1.59 bits per heavy atom. The van der Waals surface area contributed by atoms with E-state index >= 15 is 0 Å². The van der Waals surface area contributed by atoms with Crippen molar-refractivity contribution in [1.82, 2.24) is 16.0 Å². The maximum absolute atomic E-state index is 10.5. The molecular weight excluding hydrogens is 334 g/mol. The molecule has 2 fully saturated rings. The van der Waals surface area contributed by atoms with Gasteiger partial charge in [-0.25, -0.2) is 0 Å². The molecule has 4 heteroatoms. The monoisotopic (exact) mass is 381 g/mol. The number of carbonyl (C=O) groups excluding carboxylic acids is 1. The van der Waals surface area contributed by atoms with Gasteiger partial charge in [-0.15, -0.1) is 0 Å². The van der Waals surface area contributed by atoms with E-state index in [1.807, 2.05) is 7.05 Å². The van der Waals surface area contributed by atoms with Crippen molar-refractivity contribution in [2.24, 2.45) is 11.8 Å². The summed E-state index contributed by atoms with van der Waals surface area (Å²) in [6, 6.07) is 1.62. The van der Waals surface area contributed by atoms with Gasteiger partial charge in [0, 0.05) is 18.5 Å². The Hall–Kier alpha value is -0.450. The van der Waals surface area contributed by atoms with E-state index in [-0.39, 0.29) is 0 Å². The minimum Gasteiger partial charge on any atom is -0.320 e. The lowest BCUT2D eigenvalue weighted by molar-refractivity contribution is -0.117. The van der Waals surface area contributed by atoms with E-state index in [1.165, 1.54) is 70.6 Å². The van der Waals surface area contributed by atoms with E-state index in [4.69, 9.17) is 0 Å². The summed E-state index contributed by atoms with van der Waals surface area (Å²) in [5.41, 5.74) is 0. The highest BCUT2D eigenvalue weighted by Gasteiger charge is 2.25. The normalized spacial score (nSPS) is 28.3. The van der Waals surface area contributed by atoms with Gasteiger partial charge in [0.25, 0.3) is 0 Å². The number of hydrogen-bond donors (Lipinski definition) is 3. The lowest BCUT2D eigenvalue weighted by Crippen LogP contribution is -2.33. The molecule has 2 aliphatic rings. The molecule has 3 N–H and O–H groups in total. The number of nitrogens with one attached hydrogen (secondary N) is 3. The van der Waals surface area contributed by atoms with E-state index in [2.05, 4.69) is 30.0 Å². The molecule has 0 aromatic heterocycles. The Bertz CT molecular complexity index is 337. The molecule has 0 saturated heterocycles. The summed E-state index contributed by atoms with van der Waals surface area (Å²) in [5, 5.41) is 9.94. The third-order valence-electron chi connectivity index (χ3n) is 6.63. The van der Waals surface area contributed by atoms with Crippen molar-refractivity contribution in [2.75, 3.05) is 27.7 Å². The zero-order valence-corrected chi connectivity index (χ0v) is 18.6. The van der Waals surface area contributed by atoms with Gasteiger partial charge in [-0.1, -0.05) is 6.42 Å². The molecule has 0 spiro atoms. The van der Waals surface area contributed by atoms with Crippen molar-refractivity contribution in [1.29, 1.82) is 0 Å². The molecule has 4 nitrogen and oxygen atoms in total. The van der Waals surface area contributed by atoms with Crippen LogP contribution in [-0.2, 0) is 4.79 Å². The molecule has 0 atom stereocenters. The predicted molar refractivity (Wildman–Crippen MR) is 117 cm³/mol. The quantitative estimate of drug-likeness (QED) is 0.494. The van der Waals surface area contributed by atoms with Crippen LogP contribution in [0, 0.1) is 11.8 Å². The Labute approximate surface area is 169 Å². The lowest BCUT2D eigenvalue weighted by Gasteiger charge is -2.34. The van der Waals surface area contributed by atoms with Gasteiger partial charge >= 0.3 is 0 Å². The molecular formula is C23H47N3O. The van der Waals surface area contributed by atoms with E-state index in [0.717, 1.165) is 43.3 Å². The van der Waals surface area contributed by atoms with Crippen LogP contribution < -0.4 is 16.0 Å². The van der Waals surface area contributed by atoms with Crippen LogP contribution in [0.3, 0.4) is 0 Å². The van der Waals surface area contributed by atoms with Gasteiger partial charge < -0.3 is 20.7 Å². The van der Waals surface area contributed by atoms with Gasteiger partial charge in [0.1, 0.15) is 5.78 Å². The largest absolute Gasteiger partial charge is 0.320 e. The molecule has 160 valence electrons. The summed E-state index contributed by atoms with van der Waals surface area (Å²) < 4.78 is 0. The Balaban J connectivity index is 0.000000314. The maximum Gasteiger partial charge on any atom is 0.129 e. The summed E-state index contributed by atoms with van der Waals surface area (Å²) in [5.74, 6) is 2.39. The summed E-state index contributed by atoms with van der Waals surface area (Å²) in [7, 11) is 6.18. The van der Waals surface area contributed by atoms with Gasteiger partial charge in [0.2, 0.25) is 0 Å². The highest BCUT2D eigenvalue weighted by Crippen LogP contribution is 2.35. The second-order valence-electron chi connectivity index (χ2n) is 8.86. The molecule has 27 heavy (non-hydrogen) atoms. The smallest absolute Gasteiger partial charge is 0.129 e. The van der Waals surface area contributed by atoms with Crippen LogP contribution in [0.25, 0.3) is 0 Å². The number of rotatable bonds is 10. The van der Waals surface area contributed by atoms with Gasteiger partial charge in [-0.05, 0) is 117 Å². The lowest BCUT2D eigenvalue weighted by atomic mass is 9.76. The summed E-state index contributed by atoms with van der Waals surface area (Å²) >= 11 is 0. The SMILES string of the molecule is CNC1CCC(CC2CCC(NC)CC2)CC1.CNCCCCCC(C)=O. The zero-order valence-electron chi connectivity index (χ0n) is 18.6. The molecule has 2 aliphatic carbocycles. The first-order chi connectivity index (χ1) is 13.1. The maximum atomic E-state index is 10.5. The van der Waals surface area contributed by atoms with Crippen molar-refractivity contribution in [3.63, 3.8) is 0 Å². The van der Waals surface area contributed by atoms with Crippen LogP contribution in [0.1, 0.15) is 90.4 Å². The summed E-state index contributed by atoms with van der Waals surface area (Å²) in [6.07, 6.45) is 17.2. The fraction of sp³-hybridized carbons (Fsp3) is 0.957. The molecule has 2 saturated carbocycles. The minimum absolute atomic E-state index is 0.310. The first kappa shape index (κ1) is 24.6. The fourth-order valence-electron chi connectivity index (χ4n) is 4.70. The Morgan fingerprint density at radius 2 is 1.22 bits per heavy atom. The highest BCUT2D eigenvalue weighted by molar-refractivity contribution is 5.75. The third-order valence-corrected chi connectivity index (χ3v) is 6.63. The van der Waals surface area contributed by atoms with Crippen molar-refractivity contribution in [3.05, 3.63) is 0 Å². The van der Waals surface area contributed by atoms with E-state index in [0.29, 0.717) is 5.78 Å². The first-order valence-electron chi connectivity index (χ1n) is 11.6.